The minimum Gasteiger partial charge on any atom is -0.393 e. The zero-order valence-corrected chi connectivity index (χ0v) is 10.2. The summed E-state index contributed by atoms with van der Waals surface area (Å²) in [5.41, 5.74) is 0.736. The zero-order valence-electron chi connectivity index (χ0n) is 10.2. The fourth-order valence-corrected chi connectivity index (χ4v) is 1.83. The summed E-state index contributed by atoms with van der Waals surface area (Å²) in [7, 11) is 0. The van der Waals surface area contributed by atoms with Crippen molar-refractivity contribution < 1.29 is 14.8 Å². The number of nitrogens with zero attached hydrogens (tertiary/aromatic N) is 1. The van der Waals surface area contributed by atoms with Crippen molar-refractivity contribution in [2.45, 2.75) is 25.0 Å². The van der Waals surface area contributed by atoms with Gasteiger partial charge in [0.1, 0.15) is 0 Å². The first kappa shape index (κ1) is 13.2. The summed E-state index contributed by atoms with van der Waals surface area (Å²) >= 11 is 0. The third kappa shape index (κ3) is 3.62. The summed E-state index contributed by atoms with van der Waals surface area (Å²) in [5, 5.41) is 22.3. The molecule has 0 radical (unpaired) electrons. The molecule has 0 atom stereocenters. The van der Waals surface area contributed by atoms with Crippen molar-refractivity contribution in [1.29, 1.82) is 0 Å². The van der Waals surface area contributed by atoms with E-state index >= 15 is 0 Å². The SMILES string of the molecule is O=C(C=Cc1ccc([N+](=O)[O-])cc1)NC1CC(O)C1. The number of amides is 1. The lowest BCUT2D eigenvalue weighted by molar-refractivity contribution is -0.384. The van der Waals surface area contributed by atoms with E-state index in [2.05, 4.69) is 5.32 Å². The fourth-order valence-electron chi connectivity index (χ4n) is 1.83. The van der Waals surface area contributed by atoms with Crippen molar-refractivity contribution in [3.8, 4) is 0 Å². The van der Waals surface area contributed by atoms with Crippen molar-refractivity contribution in [3.63, 3.8) is 0 Å². The third-order valence-corrected chi connectivity index (χ3v) is 2.99. The predicted octanol–water partition coefficient (Wildman–Crippen LogP) is 1.25. The largest absolute Gasteiger partial charge is 0.393 e. The van der Waals surface area contributed by atoms with Gasteiger partial charge in [0.25, 0.3) is 5.69 Å². The van der Waals surface area contributed by atoms with Crippen LogP contribution in [0.4, 0.5) is 5.69 Å². The summed E-state index contributed by atoms with van der Waals surface area (Å²) in [6.45, 7) is 0. The molecule has 6 heteroatoms. The van der Waals surface area contributed by atoms with Gasteiger partial charge in [-0.05, 0) is 36.6 Å². The molecule has 0 spiro atoms. The average molecular weight is 262 g/mol. The molecule has 1 aliphatic carbocycles. The number of aliphatic hydroxyl groups excluding tert-OH is 1. The fraction of sp³-hybridized carbons (Fsp3) is 0.308. The van der Waals surface area contributed by atoms with Crippen LogP contribution in [0.1, 0.15) is 18.4 Å². The van der Waals surface area contributed by atoms with E-state index in [-0.39, 0.29) is 23.7 Å². The number of benzene rings is 1. The van der Waals surface area contributed by atoms with Crippen LogP contribution in [0.5, 0.6) is 0 Å². The Kier molecular flexibility index (Phi) is 3.91. The topological polar surface area (TPSA) is 92.5 Å². The maximum atomic E-state index is 11.5. The van der Waals surface area contributed by atoms with Gasteiger partial charge in [-0.15, -0.1) is 0 Å². The minimum atomic E-state index is -0.470. The van der Waals surface area contributed by atoms with Crippen molar-refractivity contribution in [2.75, 3.05) is 0 Å². The van der Waals surface area contributed by atoms with Gasteiger partial charge >= 0.3 is 0 Å². The van der Waals surface area contributed by atoms with Gasteiger partial charge in [0, 0.05) is 24.3 Å². The molecule has 6 nitrogen and oxygen atoms in total. The second kappa shape index (κ2) is 5.62. The number of nitro benzene ring substituents is 1. The van der Waals surface area contributed by atoms with Crippen LogP contribution in [0.15, 0.2) is 30.3 Å². The molecule has 0 heterocycles. The van der Waals surface area contributed by atoms with Gasteiger partial charge in [0.15, 0.2) is 0 Å². The van der Waals surface area contributed by atoms with Crippen molar-refractivity contribution >= 4 is 17.7 Å². The van der Waals surface area contributed by atoms with Crippen LogP contribution in [0.25, 0.3) is 6.08 Å². The number of nitrogens with one attached hydrogen (secondary N) is 1. The third-order valence-electron chi connectivity index (χ3n) is 2.99. The molecule has 2 N–H and O–H groups in total. The van der Waals surface area contributed by atoms with Crippen LogP contribution in [0.2, 0.25) is 0 Å². The molecule has 2 rings (SSSR count). The van der Waals surface area contributed by atoms with E-state index in [1.807, 2.05) is 0 Å². The Morgan fingerprint density at radius 2 is 2.00 bits per heavy atom. The molecule has 1 saturated carbocycles. The summed E-state index contributed by atoms with van der Waals surface area (Å²) in [5.74, 6) is -0.227. The molecule has 1 aromatic rings. The highest BCUT2D eigenvalue weighted by Crippen LogP contribution is 2.19. The van der Waals surface area contributed by atoms with Crippen LogP contribution < -0.4 is 5.32 Å². The minimum absolute atomic E-state index is 0.0186. The highest BCUT2D eigenvalue weighted by atomic mass is 16.6. The lowest BCUT2D eigenvalue weighted by Gasteiger charge is -2.31. The molecule has 1 fully saturated rings. The molecule has 19 heavy (non-hydrogen) atoms. The summed E-state index contributed by atoms with van der Waals surface area (Å²) in [6, 6.07) is 5.98. The van der Waals surface area contributed by atoms with Crippen LogP contribution in [-0.4, -0.2) is 28.1 Å². The maximum absolute atomic E-state index is 11.5. The molecule has 0 aliphatic heterocycles. The molecule has 0 bridgehead atoms. The van der Waals surface area contributed by atoms with Gasteiger partial charge in [-0.1, -0.05) is 0 Å². The molecule has 1 aromatic carbocycles. The monoisotopic (exact) mass is 262 g/mol. The molecule has 1 aliphatic rings. The molecule has 1 amide bonds. The first-order chi connectivity index (χ1) is 9.04. The van der Waals surface area contributed by atoms with Crippen LogP contribution >= 0.6 is 0 Å². The number of non-ortho nitro benzene ring substituents is 1. The van der Waals surface area contributed by atoms with Crippen molar-refractivity contribution in [2.24, 2.45) is 0 Å². The van der Waals surface area contributed by atoms with E-state index in [1.165, 1.54) is 18.2 Å². The highest BCUT2D eigenvalue weighted by molar-refractivity contribution is 5.92. The highest BCUT2D eigenvalue weighted by Gasteiger charge is 2.27. The first-order valence-corrected chi connectivity index (χ1v) is 5.95. The Bertz CT molecular complexity index is 504. The number of nitro groups is 1. The number of hydrogen-bond acceptors (Lipinski definition) is 4. The van der Waals surface area contributed by atoms with Gasteiger partial charge in [-0.3, -0.25) is 14.9 Å². The van der Waals surface area contributed by atoms with E-state index in [1.54, 1.807) is 18.2 Å². The second-order valence-corrected chi connectivity index (χ2v) is 4.51. The Morgan fingerprint density at radius 3 is 2.53 bits per heavy atom. The Morgan fingerprint density at radius 1 is 1.37 bits per heavy atom. The first-order valence-electron chi connectivity index (χ1n) is 5.95. The zero-order chi connectivity index (χ0) is 13.8. The number of carbonyl (C=O) groups is 1. The van der Waals surface area contributed by atoms with Gasteiger partial charge in [0.05, 0.1) is 11.0 Å². The Balaban J connectivity index is 1.87. The van der Waals surface area contributed by atoms with Gasteiger partial charge in [0.2, 0.25) is 5.91 Å². The van der Waals surface area contributed by atoms with E-state index in [9.17, 15) is 14.9 Å². The van der Waals surface area contributed by atoms with Crippen LogP contribution in [0.3, 0.4) is 0 Å². The molecule has 0 saturated heterocycles. The predicted molar refractivity (Wildman–Crippen MR) is 69.3 cm³/mol. The Hall–Kier alpha value is -2.21. The number of aliphatic hydroxyl groups is 1. The smallest absolute Gasteiger partial charge is 0.269 e. The standard InChI is InChI=1S/C13H14N2O4/c16-12-7-10(8-12)14-13(17)6-3-9-1-4-11(5-2-9)15(18)19/h1-6,10,12,16H,7-8H2,(H,14,17). The number of carbonyl (C=O) groups excluding carboxylic acids is 1. The van der Waals surface area contributed by atoms with E-state index in [0.717, 1.165) is 5.56 Å². The van der Waals surface area contributed by atoms with Crippen LogP contribution in [-0.2, 0) is 4.79 Å². The van der Waals surface area contributed by atoms with E-state index in [4.69, 9.17) is 5.11 Å². The number of hydrogen-bond donors (Lipinski definition) is 2. The Labute approximate surface area is 109 Å². The average Bonchev–Trinajstić information content (AvgIpc) is 2.35. The molecule has 0 aromatic heterocycles. The van der Waals surface area contributed by atoms with E-state index in [0.29, 0.717) is 12.8 Å². The maximum Gasteiger partial charge on any atom is 0.269 e. The number of rotatable bonds is 4. The molecule has 0 unspecified atom stereocenters. The van der Waals surface area contributed by atoms with Gasteiger partial charge in [-0.2, -0.15) is 0 Å². The van der Waals surface area contributed by atoms with Gasteiger partial charge in [-0.25, -0.2) is 0 Å². The molecular weight excluding hydrogens is 248 g/mol. The lowest BCUT2D eigenvalue weighted by Crippen LogP contribution is -2.46. The van der Waals surface area contributed by atoms with Gasteiger partial charge < -0.3 is 10.4 Å². The van der Waals surface area contributed by atoms with Crippen molar-refractivity contribution in [1.82, 2.24) is 5.32 Å². The second-order valence-electron chi connectivity index (χ2n) is 4.51. The summed E-state index contributed by atoms with van der Waals surface area (Å²) < 4.78 is 0. The molecular formula is C13H14N2O4. The summed E-state index contributed by atoms with van der Waals surface area (Å²) in [6.07, 6.45) is 3.86. The van der Waals surface area contributed by atoms with E-state index < -0.39 is 4.92 Å². The quantitative estimate of drug-likeness (QED) is 0.485. The van der Waals surface area contributed by atoms with Crippen LogP contribution in [0, 0.1) is 10.1 Å². The van der Waals surface area contributed by atoms with Crippen molar-refractivity contribution in [3.05, 3.63) is 46.0 Å². The lowest BCUT2D eigenvalue weighted by atomic mass is 9.89. The normalized spacial score (nSPS) is 21.9. The summed E-state index contributed by atoms with van der Waals surface area (Å²) in [4.78, 5) is 21.5. The molecule has 100 valence electrons.